The third-order valence-corrected chi connectivity index (χ3v) is 1.20. The maximum absolute atomic E-state index is 10.6. The second kappa shape index (κ2) is 5.88. The summed E-state index contributed by atoms with van der Waals surface area (Å²) in [5.74, 6) is -0.450. The summed E-state index contributed by atoms with van der Waals surface area (Å²) in [5, 5.41) is 0. The fourth-order valence-corrected chi connectivity index (χ4v) is 0.623. The maximum atomic E-state index is 10.6. The first-order chi connectivity index (χ1) is 5.24. The highest BCUT2D eigenvalue weighted by Gasteiger charge is 2.08. The summed E-state index contributed by atoms with van der Waals surface area (Å²) in [6.45, 7) is 4.03. The number of esters is 1. The molecule has 0 rings (SSSR count). The van der Waals surface area contributed by atoms with Crippen molar-refractivity contribution >= 4 is 5.97 Å². The van der Waals surface area contributed by atoms with Crippen LogP contribution in [0.1, 0.15) is 6.42 Å². The molecule has 64 valence electrons. The Kier molecular flexibility index (Phi) is 5.42. The van der Waals surface area contributed by atoms with Crippen LogP contribution in [0, 0.1) is 0 Å². The van der Waals surface area contributed by atoms with Crippen LogP contribution in [0.25, 0.3) is 0 Å². The molecule has 0 amide bonds. The second-order valence-electron chi connectivity index (χ2n) is 2.08. The Bertz CT molecular complexity index is 136. The van der Waals surface area contributed by atoms with Gasteiger partial charge in [-0.25, -0.2) is 4.79 Å². The van der Waals surface area contributed by atoms with Gasteiger partial charge in [-0.15, -0.1) is 0 Å². The molecule has 0 saturated carbocycles. The van der Waals surface area contributed by atoms with Crippen LogP contribution < -0.4 is 11.5 Å². The highest BCUT2D eigenvalue weighted by molar-refractivity contribution is 5.81. The van der Waals surface area contributed by atoms with E-state index in [1.165, 1.54) is 0 Å². The number of hydrogen-bond donors (Lipinski definition) is 2. The Balaban J connectivity index is 3.67. The first kappa shape index (κ1) is 10.1. The van der Waals surface area contributed by atoms with Crippen molar-refractivity contribution in [1.82, 2.24) is 0 Å². The summed E-state index contributed by atoms with van der Waals surface area (Å²) < 4.78 is 4.83. The molecule has 0 radical (unpaired) electrons. The summed E-state index contributed by atoms with van der Waals surface area (Å²) in [6.07, 6.45) is 1.43. The fourth-order valence-electron chi connectivity index (χ4n) is 0.623. The molecule has 4 nitrogen and oxygen atoms in total. The maximum Gasteiger partial charge on any atom is 0.330 e. The molecule has 0 aliphatic heterocycles. The third-order valence-electron chi connectivity index (χ3n) is 1.20. The van der Waals surface area contributed by atoms with E-state index in [1.54, 1.807) is 0 Å². The second-order valence-corrected chi connectivity index (χ2v) is 2.08. The molecule has 0 bridgehead atoms. The lowest BCUT2D eigenvalue weighted by molar-refractivity contribution is -0.142. The largest absolute Gasteiger partial charge is 0.458 e. The van der Waals surface area contributed by atoms with Gasteiger partial charge in [-0.2, -0.15) is 0 Å². The van der Waals surface area contributed by atoms with Gasteiger partial charge in [0.2, 0.25) is 0 Å². The first-order valence-electron chi connectivity index (χ1n) is 3.47. The van der Waals surface area contributed by atoms with E-state index in [2.05, 4.69) is 6.58 Å². The molecule has 0 aliphatic carbocycles. The zero-order valence-electron chi connectivity index (χ0n) is 6.45. The Labute approximate surface area is 66.2 Å². The van der Waals surface area contributed by atoms with Crippen LogP contribution in [0.5, 0.6) is 0 Å². The minimum absolute atomic E-state index is 0.273. The zero-order valence-corrected chi connectivity index (χ0v) is 6.45. The normalized spacial score (nSPS) is 12.2. The van der Waals surface area contributed by atoms with E-state index in [-0.39, 0.29) is 6.10 Å². The van der Waals surface area contributed by atoms with Crippen LogP contribution in [0.15, 0.2) is 12.7 Å². The lowest BCUT2D eigenvalue weighted by Gasteiger charge is -2.12. The third kappa shape index (κ3) is 4.52. The van der Waals surface area contributed by atoms with E-state index >= 15 is 0 Å². The van der Waals surface area contributed by atoms with E-state index in [4.69, 9.17) is 16.2 Å². The van der Waals surface area contributed by atoms with Gasteiger partial charge >= 0.3 is 5.97 Å². The predicted molar refractivity (Wildman–Crippen MR) is 42.8 cm³/mol. The molecule has 1 unspecified atom stereocenters. The zero-order chi connectivity index (χ0) is 8.69. The standard InChI is InChI=1S/C7H14N2O2/c1-2-7(10)11-6(5-9)3-4-8/h2,6H,1,3-5,8-9H2. The van der Waals surface area contributed by atoms with Gasteiger partial charge in [-0.3, -0.25) is 0 Å². The van der Waals surface area contributed by atoms with Crippen molar-refractivity contribution in [2.24, 2.45) is 11.5 Å². The van der Waals surface area contributed by atoms with Gasteiger partial charge in [0.05, 0.1) is 0 Å². The topological polar surface area (TPSA) is 78.3 Å². The molecule has 4 heteroatoms. The number of nitrogens with two attached hydrogens (primary N) is 2. The van der Waals surface area contributed by atoms with Crippen molar-refractivity contribution in [3.05, 3.63) is 12.7 Å². The lowest BCUT2D eigenvalue weighted by Crippen LogP contribution is -2.28. The molecule has 0 saturated heterocycles. The molecular weight excluding hydrogens is 144 g/mol. The average Bonchev–Trinajstić information content (AvgIpc) is 2.03. The Morgan fingerprint density at radius 2 is 2.27 bits per heavy atom. The van der Waals surface area contributed by atoms with Crippen LogP contribution >= 0.6 is 0 Å². The SMILES string of the molecule is C=CC(=O)OC(CN)CCN. The molecule has 0 heterocycles. The minimum atomic E-state index is -0.450. The van der Waals surface area contributed by atoms with E-state index in [1.807, 2.05) is 0 Å². The summed E-state index contributed by atoms with van der Waals surface area (Å²) in [4.78, 5) is 10.6. The molecule has 0 fully saturated rings. The van der Waals surface area contributed by atoms with Gasteiger partial charge in [0, 0.05) is 12.6 Å². The molecule has 0 aromatic rings. The van der Waals surface area contributed by atoms with Gasteiger partial charge in [0.25, 0.3) is 0 Å². The van der Waals surface area contributed by atoms with Gasteiger partial charge < -0.3 is 16.2 Å². The quantitative estimate of drug-likeness (QED) is 0.413. The number of ether oxygens (including phenoxy) is 1. The van der Waals surface area contributed by atoms with Crippen LogP contribution in [-0.2, 0) is 9.53 Å². The van der Waals surface area contributed by atoms with Crippen LogP contribution in [-0.4, -0.2) is 25.2 Å². The predicted octanol–water partition coefficient (Wildman–Crippen LogP) is -0.608. The number of hydrogen-bond acceptors (Lipinski definition) is 4. The van der Waals surface area contributed by atoms with Crippen molar-refractivity contribution in [2.45, 2.75) is 12.5 Å². The van der Waals surface area contributed by atoms with Gasteiger partial charge in [-0.1, -0.05) is 6.58 Å². The molecule has 4 N–H and O–H groups in total. The highest BCUT2D eigenvalue weighted by Crippen LogP contribution is 1.95. The van der Waals surface area contributed by atoms with E-state index in [0.717, 1.165) is 6.08 Å². The molecule has 1 atom stereocenters. The van der Waals surface area contributed by atoms with Crippen molar-refractivity contribution in [3.8, 4) is 0 Å². The van der Waals surface area contributed by atoms with Gasteiger partial charge in [-0.05, 0) is 13.0 Å². The first-order valence-corrected chi connectivity index (χ1v) is 3.47. The molecule has 11 heavy (non-hydrogen) atoms. The van der Waals surface area contributed by atoms with Crippen molar-refractivity contribution in [3.63, 3.8) is 0 Å². The van der Waals surface area contributed by atoms with E-state index < -0.39 is 5.97 Å². The molecular formula is C7H14N2O2. The smallest absolute Gasteiger partial charge is 0.330 e. The number of rotatable bonds is 5. The number of carbonyl (C=O) groups is 1. The summed E-state index contributed by atoms with van der Waals surface area (Å²) >= 11 is 0. The van der Waals surface area contributed by atoms with Crippen LogP contribution in [0.4, 0.5) is 0 Å². The van der Waals surface area contributed by atoms with E-state index in [9.17, 15) is 4.79 Å². The van der Waals surface area contributed by atoms with Crippen LogP contribution in [0.2, 0.25) is 0 Å². The van der Waals surface area contributed by atoms with Crippen LogP contribution in [0.3, 0.4) is 0 Å². The Morgan fingerprint density at radius 3 is 2.64 bits per heavy atom. The summed E-state index contributed by atoms with van der Waals surface area (Å²) in [6, 6.07) is 0. The molecule has 0 aromatic heterocycles. The van der Waals surface area contributed by atoms with Crippen molar-refractivity contribution < 1.29 is 9.53 Å². The van der Waals surface area contributed by atoms with Crippen molar-refractivity contribution in [1.29, 1.82) is 0 Å². The molecule has 0 spiro atoms. The fraction of sp³-hybridized carbons (Fsp3) is 0.571. The Hall–Kier alpha value is -0.870. The van der Waals surface area contributed by atoms with E-state index in [0.29, 0.717) is 19.5 Å². The monoisotopic (exact) mass is 158 g/mol. The minimum Gasteiger partial charge on any atom is -0.458 e. The molecule has 0 aromatic carbocycles. The number of carbonyl (C=O) groups excluding carboxylic acids is 1. The summed E-state index contributed by atoms with van der Waals surface area (Å²) in [7, 11) is 0. The van der Waals surface area contributed by atoms with Gasteiger partial charge in [0.1, 0.15) is 6.10 Å². The van der Waals surface area contributed by atoms with Gasteiger partial charge in [0.15, 0.2) is 0 Å². The lowest BCUT2D eigenvalue weighted by atomic mass is 10.2. The Morgan fingerprint density at radius 1 is 1.64 bits per heavy atom. The highest BCUT2D eigenvalue weighted by atomic mass is 16.5. The molecule has 0 aliphatic rings. The van der Waals surface area contributed by atoms with Crippen molar-refractivity contribution in [2.75, 3.05) is 13.1 Å². The summed E-state index contributed by atoms with van der Waals surface area (Å²) in [5.41, 5.74) is 10.5. The average molecular weight is 158 g/mol.